The molecule has 0 spiro atoms. The van der Waals surface area contributed by atoms with Crippen molar-refractivity contribution in [3.8, 4) is 0 Å². The first-order valence-electron chi connectivity index (χ1n) is 5.04. The van der Waals surface area contributed by atoms with Crippen molar-refractivity contribution in [1.82, 2.24) is 14.9 Å². The molecule has 1 aromatic heterocycles. The third-order valence-electron chi connectivity index (χ3n) is 2.40. The third kappa shape index (κ3) is 2.79. The quantitative estimate of drug-likeness (QED) is 0.742. The standard InChI is InChI=1S/C10H18N4O/c1-7(2)8(6-11)13-10(15)9-12-4-5-14(9)3/h4-5,7-8H,6,11H2,1-3H3,(H,13,15). The van der Waals surface area contributed by atoms with Gasteiger partial charge in [-0.25, -0.2) is 4.98 Å². The monoisotopic (exact) mass is 210 g/mol. The van der Waals surface area contributed by atoms with Gasteiger partial charge in [-0.3, -0.25) is 4.79 Å². The number of hydrogen-bond donors (Lipinski definition) is 2. The van der Waals surface area contributed by atoms with Gasteiger partial charge < -0.3 is 15.6 Å². The fourth-order valence-electron chi connectivity index (χ4n) is 1.32. The van der Waals surface area contributed by atoms with Gasteiger partial charge in [0.1, 0.15) is 0 Å². The molecule has 0 fully saturated rings. The smallest absolute Gasteiger partial charge is 0.287 e. The number of nitrogens with one attached hydrogen (secondary N) is 1. The summed E-state index contributed by atoms with van der Waals surface area (Å²) in [5.41, 5.74) is 5.57. The van der Waals surface area contributed by atoms with Gasteiger partial charge in [0.25, 0.3) is 5.91 Å². The van der Waals surface area contributed by atoms with E-state index in [-0.39, 0.29) is 11.9 Å². The van der Waals surface area contributed by atoms with Gasteiger partial charge in [0, 0.05) is 32.0 Å². The molecule has 0 aliphatic heterocycles. The molecular weight excluding hydrogens is 192 g/mol. The highest BCUT2D eigenvalue weighted by Crippen LogP contribution is 2.01. The molecule has 15 heavy (non-hydrogen) atoms. The third-order valence-corrected chi connectivity index (χ3v) is 2.40. The molecule has 0 saturated carbocycles. The number of carbonyl (C=O) groups excluding carboxylic acids is 1. The van der Waals surface area contributed by atoms with Crippen molar-refractivity contribution in [2.75, 3.05) is 6.54 Å². The Morgan fingerprint density at radius 1 is 1.67 bits per heavy atom. The van der Waals surface area contributed by atoms with Crippen LogP contribution in [0.5, 0.6) is 0 Å². The van der Waals surface area contributed by atoms with Crippen LogP contribution in [0.4, 0.5) is 0 Å². The highest BCUT2D eigenvalue weighted by molar-refractivity contribution is 5.90. The number of aryl methyl sites for hydroxylation is 1. The van der Waals surface area contributed by atoms with Crippen LogP contribution in [0.2, 0.25) is 0 Å². The maximum atomic E-state index is 11.8. The lowest BCUT2D eigenvalue weighted by Gasteiger charge is -2.20. The minimum absolute atomic E-state index is 0.00537. The zero-order valence-electron chi connectivity index (χ0n) is 9.40. The molecule has 0 radical (unpaired) electrons. The lowest BCUT2D eigenvalue weighted by molar-refractivity contribution is 0.0914. The molecule has 0 saturated heterocycles. The first kappa shape index (κ1) is 11.7. The molecule has 5 heteroatoms. The summed E-state index contributed by atoms with van der Waals surface area (Å²) in [7, 11) is 1.79. The highest BCUT2D eigenvalue weighted by atomic mass is 16.2. The number of nitrogens with zero attached hydrogens (tertiary/aromatic N) is 2. The van der Waals surface area contributed by atoms with Gasteiger partial charge in [0.05, 0.1) is 0 Å². The van der Waals surface area contributed by atoms with E-state index in [0.717, 1.165) is 0 Å². The fourth-order valence-corrected chi connectivity index (χ4v) is 1.32. The van der Waals surface area contributed by atoms with E-state index in [1.54, 1.807) is 24.0 Å². The van der Waals surface area contributed by atoms with Crippen LogP contribution in [0.15, 0.2) is 12.4 Å². The average molecular weight is 210 g/mol. The number of amides is 1. The molecule has 0 aromatic carbocycles. The predicted molar refractivity (Wildman–Crippen MR) is 58.4 cm³/mol. The topological polar surface area (TPSA) is 72.9 Å². The number of aromatic nitrogens is 2. The Hall–Kier alpha value is -1.36. The van der Waals surface area contributed by atoms with Crippen molar-refractivity contribution in [2.24, 2.45) is 18.7 Å². The maximum absolute atomic E-state index is 11.8. The van der Waals surface area contributed by atoms with E-state index in [4.69, 9.17) is 5.73 Å². The van der Waals surface area contributed by atoms with Crippen molar-refractivity contribution < 1.29 is 4.79 Å². The first-order valence-corrected chi connectivity index (χ1v) is 5.04. The van der Waals surface area contributed by atoms with E-state index in [0.29, 0.717) is 18.3 Å². The van der Waals surface area contributed by atoms with E-state index in [1.165, 1.54) is 0 Å². The van der Waals surface area contributed by atoms with Gasteiger partial charge in [-0.15, -0.1) is 0 Å². The summed E-state index contributed by atoms with van der Waals surface area (Å²) in [6.45, 7) is 4.49. The second-order valence-corrected chi connectivity index (χ2v) is 3.92. The summed E-state index contributed by atoms with van der Waals surface area (Å²) in [6, 6.07) is -0.00537. The minimum Gasteiger partial charge on any atom is -0.345 e. The molecule has 1 unspecified atom stereocenters. The van der Waals surface area contributed by atoms with Crippen LogP contribution in [0.1, 0.15) is 24.5 Å². The molecule has 0 aliphatic carbocycles. The molecule has 1 aromatic rings. The van der Waals surface area contributed by atoms with E-state index in [2.05, 4.69) is 10.3 Å². The van der Waals surface area contributed by atoms with Gasteiger partial charge >= 0.3 is 0 Å². The van der Waals surface area contributed by atoms with Crippen LogP contribution < -0.4 is 11.1 Å². The van der Waals surface area contributed by atoms with Gasteiger partial charge in [-0.1, -0.05) is 13.8 Å². The summed E-state index contributed by atoms with van der Waals surface area (Å²) >= 11 is 0. The molecule has 0 bridgehead atoms. The Labute approximate surface area is 89.7 Å². The van der Waals surface area contributed by atoms with Crippen molar-refractivity contribution in [1.29, 1.82) is 0 Å². The SMILES string of the molecule is CC(C)C(CN)NC(=O)c1nccn1C. The zero-order valence-corrected chi connectivity index (χ0v) is 9.40. The van der Waals surface area contributed by atoms with Crippen LogP contribution in [0.25, 0.3) is 0 Å². The molecule has 1 amide bonds. The number of carbonyl (C=O) groups is 1. The molecule has 3 N–H and O–H groups in total. The van der Waals surface area contributed by atoms with Gasteiger partial charge in [-0.05, 0) is 5.92 Å². The van der Waals surface area contributed by atoms with Crippen LogP contribution in [-0.2, 0) is 7.05 Å². The summed E-state index contributed by atoms with van der Waals surface area (Å²) in [6.07, 6.45) is 3.34. The first-order chi connectivity index (χ1) is 7.06. The van der Waals surface area contributed by atoms with Gasteiger partial charge in [-0.2, -0.15) is 0 Å². The van der Waals surface area contributed by atoms with Gasteiger partial charge in [0.2, 0.25) is 0 Å². The summed E-state index contributed by atoms with van der Waals surface area (Å²) < 4.78 is 1.68. The number of hydrogen-bond acceptors (Lipinski definition) is 3. The average Bonchev–Trinajstić information content (AvgIpc) is 2.60. The normalized spacial score (nSPS) is 12.9. The van der Waals surface area contributed by atoms with Crippen LogP contribution in [0.3, 0.4) is 0 Å². The maximum Gasteiger partial charge on any atom is 0.287 e. The summed E-state index contributed by atoms with van der Waals surface area (Å²) in [5, 5.41) is 2.86. The van der Waals surface area contributed by atoms with Crippen molar-refractivity contribution in [3.05, 3.63) is 18.2 Å². The molecule has 1 atom stereocenters. The van der Waals surface area contributed by atoms with Crippen molar-refractivity contribution in [2.45, 2.75) is 19.9 Å². The molecule has 84 valence electrons. The minimum atomic E-state index is -0.174. The zero-order chi connectivity index (χ0) is 11.4. The van der Waals surface area contributed by atoms with Crippen LogP contribution in [0, 0.1) is 5.92 Å². The van der Waals surface area contributed by atoms with E-state index in [1.807, 2.05) is 13.8 Å². The summed E-state index contributed by atoms with van der Waals surface area (Å²) in [5.74, 6) is 0.556. The van der Waals surface area contributed by atoms with Crippen LogP contribution in [-0.4, -0.2) is 28.0 Å². The lowest BCUT2D eigenvalue weighted by atomic mass is 10.0. The van der Waals surface area contributed by atoms with E-state index >= 15 is 0 Å². The predicted octanol–water partition coefficient (Wildman–Crippen LogP) is 0.133. The highest BCUT2D eigenvalue weighted by Gasteiger charge is 2.17. The molecular formula is C10H18N4O. The van der Waals surface area contributed by atoms with Crippen LogP contribution >= 0.6 is 0 Å². The number of nitrogens with two attached hydrogens (primary N) is 1. The van der Waals surface area contributed by atoms with E-state index < -0.39 is 0 Å². The second-order valence-electron chi connectivity index (χ2n) is 3.92. The second kappa shape index (κ2) is 4.93. The van der Waals surface area contributed by atoms with Crippen molar-refractivity contribution >= 4 is 5.91 Å². The summed E-state index contributed by atoms with van der Waals surface area (Å²) in [4.78, 5) is 15.7. The molecule has 1 rings (SSSR count). The molecule has 1 heterocycles. The Morgan fingerprint density at radius 2 is 2.33 bits per heavy atom. The Morgan fingerprint density at radius 3 is 2.73 bits per heavy atom. The Balaban J connectivity index is 2.67. The fraction of sp³-hybridized carbons (Fsp3) is 0.600. The van der Waals surface area contributed by atoms with E-state index in [9.17, 15) is 4.79 Å². The number of rotatable bonds is 4. The molecule has 0 aliphatic rings. The molecule has 5 nitrogen and oxygen atoms in total. The van der Waals surface area contributed by atoms with Crippen molar-refractivity contribution in [3.63, 3.8) is 0 Å². The van der Waals surface area contributed by atoms with Gasteiger partial charge in [0.15, 0.2) is 5.82 Å². The Bertz CT molecular complexity index is 332. The largest absolute Gasteiger partial charge is 0.345 e. The number of imidazole rings is 1. The Kier molecular flexibility index (Phi) is 3.85. The lowest BCUT2D eigenvalue weighted by Crippen LogP contribution is -2.44.